The number of rotatable bonds is 4. The van der Waals surface area contributed by atoms with Gasteiger partial charge in [0.15, 0.2) is 11.6 Å². The van der Waals surface area contributed by atoms with Gasteiger partial charge in [-0.15, -0.1) is 0 Å². The van der Waals surface area contributed by atoms with E-state index in [0.717, 1.165) is 5.56 Å². The third-order valence-corrected chi connectivity index (χ3v) is 2.88. The van der Waals surface area contributed by atoms with Crippen molar-refractivity contribution in [1.29, 1.82) is 0 Å². The molecule has 0 aromatic heterocycles. The van der Waals surface area contributed by atoms with E-state index in [1.165, 1.54) is 6.07 Å². The first-order valence-electron chi connectivity index (χ1n) is 5.79. The Labute approximate surface area is 105 Å². The number of ether oxygens (including phenoxy) is 1. The highest BCUT2D eigenvalue weighted by molar-refractivity contribution is 5.76. The summed E-state index contributed by atoms with van der Waals surface area (Å²) in [7, 11) is 0. The number of hydrogen-bond donors (Lipinski definition) is 2. The van der Waals surface area contributed by atoms with Crippen molar-refractivity contribution in [3.8, 4) is 5.75 Å². The van der Waals surface area contributed by atoms with Crippen molar-refractivity contribution in [2.75, 3.05) is 32.0 Å². The monoisotopic (exact) mass is 253 g/mol. The van der Waals surface area contributed by atoms with Crippen LogP contribution in [0, 0.1) is 12.7 Å². The topological polar surface area (TPSA) is 67.6 Å². The fraction of sp³-hybridized carbons (Fsp3) is 0.417. The minimum absolute atomic E-state index is 0.104. The molecule has 0 atom stereocenters. The molecule has 1 heterocycles. The number of anilines is 1. The summed E-state index contributed by atoms with van der Waals surface area (Å²) in [4.78, 5) is 12.9. The lowest BCUT2D eigenvalue weighted by molar-refractivity contribution is 0.201. The van der Waals surface area contributed by atoms with Gasteiger partial charge in [0, 0.05) is 24.8 Å². The van der Waals surface area contributed by atoms with Gasteiger partial charge in [0.25, 0.3) is 0 Å². The molecule has 98 valence electrons. The molecule has 0 bridgehead atoms. The smallest absolute Gasteiger partial charge is 0.317 e. The number of nitrogen functional groups attached to an aromatic ring is 1. The largest absolute Gasteiger partial charge is 0.489 e. The van der Waals surface area contributed by atoms with Crippen LogP contribution in [0.15, 0.2) is 12.1 Å². The summed E-state index contributed by atoms with van der Waals surface area (Å²) in [5.74, 6) is -0.315. The Morgan fingerprint density at radius 3 is 3.00 bits per heavy atom. The predicted molar refractivity (Wildman–Crippen MR) is 66.0 cm³/mol. The van der Waals surface area contributed by atoms with Crippen LogP contribution in [0.3, 0.4) is 0 Å². The van der Waals surface area contributed by atoms with E-state index in [-0.39, 0.29) is 18.4 Å². The van der Waals surface area contributed by atoms with E-state index >= 15 is 0 Å². The highest BCUT2D eigenvalue weighted by atomic mass is 19.1. The number of aryl methyl sites for hydroxylation is 1. The van der Waals surface area contributed by atoms with Crippen molar-refractivity contribution in [2.45, 2.75) is 6.92 Å². The Morgan fingerprint density at radius 2 is 2.33 bits per heavy atom. The molecule has 0 radical (unpaired) electrons. The van der Waals surface area contributed by atoms with Gasteiger partial charge in [0.2, 0.25) is 0 Å². The summed E-state index contributed by atoms with van der Waals surface area (Å²) < 4.78 is 18.8. The molecular weight excluding hydrogens is 237 g/mol. The van der Waals surface area contributed by atoms with Gasteiger partial charge in [0.05, 0.1) is 6.54 Å². The molecule has 0 saturated carbocycles. The molecular formula is C12H16FN3O2. The van der Waals surface area contributed by atoms with Crippen molar-refractivity contribution < 1.29 is 13.9 Å². The number of nitrogens with two attached hydrogens (primary N) is 1. The molecule has 5 nitrogen and oxygen atoms in total. The Bertz CT molecular complexity index is 465. The average Bonchev–Trinajstić information content (AvgIpc) is 2.72. The molecule has 0 spiro atoms. The van der Waals surface area contributed by atoms with Crippen LogP contribution in [-0.4, -0.2) is 37.2 Å². The third kappa shape index (κ3) is 2.64. The highest BCUT2D eigenvalue weighted by Crippen LogP contribution is 2.23. The van der Waals surface area contributed by atoms with E-state index in [4.69, 9.17) is 10.5 Å². The lowest BCUT2D eigenvalue weighted by Crippen LogP contribution is -2.31. The molecule has 0 aliphatic carbocycles. The van der Waals surface area contributed by atoms with Gasteiger partial charge in [-0.05, 0) is 18.6 Å². The van der Waals surface area contributed by atoms with Crippen LogP contribution in [0.1, 0.15) is 5.56 Å². The third-order valence-electron chi connectivity index (χ3n) is 2.88. The van der Waals surface area contributed by atoms with Gasteiger partial charge >= 0.3 is 6.03 Å². The van der Waals surface area contributed by atoms with E-state index in [1.54, 1.807) is 17.9 Å². The number of amides is 2. The molecule has 3 N–H and O–H groups in total. The molecule has 0 unspecified atom stereocenters. The predicted octanol–water partition coefficient (Wildman–Crippen LogP) is 1.12. The number of benzene rings is 1. The van der Waals surface area contributed by atoms with Crippen LogP contribution in [0.5, 0.6) is 5.75 Å². The number of carbonyl (C=O) groups excluding carboxylic acids is 1. The molecule has 2 amide bonds. The number of carbonyl (C=O) groups is 1. The fourth-order valence-electron chi connectivity index (χ4n) is 1.77. The van der Waals surface area contributed by atoms with E-state index in [2.05, 4.69) is 5.32 Å². The first-order chi connectivity index (χ1) is 8.58. The van der Waals surface area contributed by atoms with Crippen molar-refractivity contribution >= 4 is 11.7 Å². The van der Waals surface area contributed by atoms with Crippen molar-refractivity contribution in [1.82, 2.24) is 10.2 Å². The van der Waals surface area contributed by atoms with Crippen molar-refractivity contribution in [2.24, 2.45) is 0 Å². The number of halogens is 1. The highest BCUT2D eigenvalue weighted by Gasteiger charge is 2.18. The fourth-order valence-corrected chi connectivity index (χ4v) is 1.77. The van der Waals surface area contributed by atoms with Crippen LogP contribution in [0.25, 0.3) is 0 Å². The summed E-state index contributed by atoms with van der Waals surface area (Å²) >= 11 is 0. The maximum absolute atomic E-state index is 13.5. The standard InChI is InChI=1S/C12H16FN3O2/c1-8-6-11(9(13)7-10(8)14)18-5-4-16-3-2-15-12(16)17/h6-7H,2-5,14H2,1H3,(H,15,17). The van der Waals surface area contributed by atoms with E-state index in [0.29, 0.717) is 25.3 Å². The van der Waals surface area contributed by atoms with Crippen LogP contribution >= 0.6 is 0 Å². The van der Waals surface area contributed by atoms with Crippen LogP contribution in [-0.2, 0) is 0 Å². The van der Waals surface area contributed by atoms with E-state index < -0.39 is 5.82 Å². The molecule has 1 saturated heterocycles. The van der Waals surface area contributed by atoms with Crippen LogP contribution in [0.2, 0.25) is 0 Å². The zero-order valence-corrected chi connectivity index (χ0v) is 10.2. The molecule has 6 heteroatoms. The molecule has 1 fully saturated rings. The van der Waals surface area contributed by atoms with Gasteiger partial charge in [0.1, 0.15) is 6.61 Å². The minimum Gasteiger partial charge on any atom is -0.489 e. The maximum atomic E-state index is 13.5. The molecule has 1 aliphatic rings. The molecule has 1 aromatic rings. The number of nitrogens with zero attached hydrogens (tertiary/aromatic N) is 1. The Morgan fingerprint density at radius 1 is 1.56 bits per heavy atom. The number of hydrogen-bond acceptors (Lipinski definition) is 3. The molecule has 18 heavy (non-hydrogen) atoms. The molecule has 2 rings (SSSR count). The van der Waals surface area contributed by atoms with Gasteiger partial charge in [-0.2, -0.15) is 0 Å². The van der Waals surface area contributed by atoms with Gasteiger partial charge in [-0.1, -0.05) is 0 Å². The second kappa shape index (κ2) is 5.12. The number of urea groups is 1. The molecule has 1 aliphatic heterocycles. The van der Waals surface area contributed by atoms with Crippen molar-refractivity contribution in [3.05, 3.63) is 23.5 Å². The SMILES string of the molecule is Cc1cc(OCCN2CCNC2=O)c(F)cc1N. The Hall–Kier alpha value is -1.98. The Kier molecular flexibility index (Phi) is 3.55. The summed E-state index contributed by atoms with van der Waals surface area (Å²) in [6.07, 6.45) is 0. The lowest BCUT2D eigenvalue weighted by Gasteiger charge is -2.15. The summed E-state index contributed by atoms with van der Waals surface area (Å²) in [6.45, 7) is 3.79. The average molecular weight is 253 g/mol. The summed E-state index contributed by atoms with van der Waals surface area (Å²) in [5.41, 5.74) is 6.75. The minimum atomic E-state index is -0.482. The zero-order chi connectivity index (χ0) is 13.1. The zero-order valence-electron chi connectivity index (χ0n) is 10.2. The Balaban J connectivity index is 1.90. The van der Waals surface area contributed by atoms with Gasteiger partial charge in [-0.25, -0.2) is 9.18 Å². The first-order valence-corrected chi connectivity index (χ1v) is 5.79. The maximum Gasteiger partial charge on any atom is 0.317 e. The summed E-state index contributed by atoms with van der Waals surface area (Å²) in [6, 6.07) is 2.70. The quantitative estimate of drug-likeness (QED) is 0.790. The van der Waals surface area contributed by atoms with Gasteiger partial charge < -0.3 is 20.7 Å². The molecule has 1 aromatic carbocycles. The van der Waals surface area contributed by atoms with Crippen LogP contribution < -0.4 is 15.8 Å². The first kappa shape index (κ1) is 12.5. The lowest BCUT2D eigenvalue weighted by atomic mass is 10.2. The van der Waals surface area contributed by atoms with Crippen molar-refractivity contribution in [3.63, 3.8) is 0 Å². The van der Waals surface area contributed by atoms with E-state index in [1.807, 2.05) is 0 Å². The second-order valence-electron chi connectivity index (χ2n) is 4.21. The summed E-state index contributed by atoms with van der Waals surface area (Å²) in [5, 5.41) is 2.69. The van der Waals surface area contributed by atoms with Crippen LogP contribution in [0.4, 0.5) is 14.9 Å². The van der Waals surface area contributed by atoms with Gasteiger partial charge in [-0.3, -0.25) is 0 Å². The second-order valence-corrected chi connectivity index (χ2v) is 4.21. The van der Waals surface area contributed by atoms with E-state index in [9.17, 15) is 9.18 Å². The normalized spacial score (nSPS) is 14.8. The number of nitrogens with one attached hydrogen (secondary N) is 1.